The van der Waals surface area contributed by atoms with Crippen LogP contribution in [0, 0.1) is 11.6 Å². The number of rotatable bonds is 6. The van der Waals surface area contributed by atoms with Crippen LogP contribution in [0.3, 0.4) is 0 Å². The highest BCUT2D eigenvalue weighted by Gasteiger charge is 2.37. The molecule has 1 heterocycles. The average Bonchev–Trinajstić information content (AvgIpc) is 2.98. The molecular weight excluding hydrogens is 552 g/mol. The Morgan fingerprint density at radius 2 is 1.65 bits per heavy atom. The van der Waals surface area contributed by atoms with E-state index < -0.39 is 52.9 Å². The largest absolute Gasteiger partial charge is 0.488 e. The minimum atomic E-state index is -1.09. The van der Waals surface area contributed by atoms with Gasteiger partial charge in [-0.25, -0.2) is 18.4 Å². The molecule has 3 atom stereocenters. The van der Waals surface area contributed by atoms with Crippen LogP contribution in [0.15, 0.2) is 78.9 Å². The topological polar surface area (TPSA) is 65.1 Å². The van der Waals surface area contributed by atoms with Gasteiger partial charge in [-0.15, -0.1) is 0 Å². The van der Waals surface area contributed by atoms with Gasteiger partial charge >= 0.3 is 12.1 Å². The van der Waals surface area contributed by atoms with Gasteiger partial charge in [0, 0.05) is 11.5 Å². The van der Waals surface area contributed by atoms with Crippen LogP contribution < -0.4 is 4.74 Å². The summed E-state index contributed by atoms with van der Waals surface area (Å²) in [5.41, 5.74) is 0.321. The molecule has 0 saturated carbocycles. The molecule has 0 fully saturated rings. The molecule has 4 aromatic carbocycles. The van der Waals surface area contributed by atoms with Crippen molar-refractivity contribution >= 4 is 22.8 Å². The van der Waals surface area contributed by atoms with E-state index in [1.54, 1.807) is 11.0 Å². The lowest BCUT2D eigenvalue weighted by Crippen LogP contribution is -2.45. The smallest absolute Gasteiger partial charge is 0.410 e. The number of fused-ring (bicyclic) bond motifs is 2. The summed E-state index contributed by atoms with van der Waals surface area (Å²) in [6.45, 7) is 7.51. The van der Waals surface area contributed by atoms with Crippen molar-refractivity contribution in [1.82, 2.24) is 4.90 Å². The molecule has 1 aliphatic rings. The Balaban J connectivity index is 1.54. The van der Waals surface area contributed by atoms with Crippen LogP contribution in [0.5, 0.6) is 5.75 Å². The van der Waals surface area contributed by atoms with Crippen LogP contribution in [0.2, 0.25) is 0 Å². The minimum absolute atomic E-state index is 0.136. The maximum absolute atomic E-state index is 15.8. The number of methoxy groups -OCH3 is 1. The summed E-state index contributed by atoms with van der Waals surface area (Å²) in [6.07, 6.45) is -0.814. The van der Waals surface area contributed by atoms with E-state index in [1.165, 1.54) is 6.07 Å². The number of para-hydroxylation sites is 1. The van der Waals surface area contributed by atoms with Crippen molar-refractivity contribution in [3.8, 4) is 5.75 Å². The van der Waals surface area contributed by atoms with E-state index in [1.807, 2.05) is 88.4 Å². The molecule has 6 nitrogen and oxygen atoms in total. The quantitative estimate of drug-likeness (QED) is 0.213. The van der Waals surface area contributed by atoms with Gasteiger partial charge in [0.2, 0.25) is 0 Å². The van der Waals surface area contributed by atoms with Crippen LogP contribution in [0.25, 0.3) is 10.8 Å². The van der Waals surface area contributed by atoms with Crippen molar-refractivity contribution in [2.45, 2.75) is 57.8 Å². The Bertz CT molecular complexity index is 1660. The van der Waals surface area contributed by atoms with E-state index in [2.05, 4.69) is 4.74 Å². The van der Waals surface area contributed by atoms with Crippen LogP contribution >= 0.6 is 0 Å². The number of carbonyl (C=O) groups excluding carboxylic acids is 2. The van der Waals surface area contributed by atoms with Gasteiger partial charge in [-0.1, -0.05) is 66.7 Å². The van der Waals surface area contributed by atoms with E-state index in [9.17, 15) is 14.0 Å². The summed E-state index contributed by atoms with van der Waals surface area (Å²) in [6, 6.07) is 23.2. The number of ether oxygens (including phenoxy) is 3. The van der Waals surface area contributed by atoms with Crippen LogP contribution in [-0.4, -0.2) is 42.3 Å². The Morgan fingerprint density at radius 3 is 2.40 bits per heavy atom. The minimum Gasteiger partial charge on any atom is -0.488 e. The zero-order valence-corrected chi connectivity index (χ0v) is 24.9. The Hall–Kier alpha value is -4.46. The molecule has 43 heavy (non-hydrogen) atoms. The van der Waals surface area contributed by atoms with Gasteiger partial charge in [0.1, 0.15) is 34.7 Å². The van der Waals surface area contributed by atoms with Gasteiger partial charge in [0.25, 0.3) is 0 Å². The van der Waals surface area contributed by atoms with E-state index in [0.29, 0.717) is 11.3 Å². The van der Waals surface area contributed by atoms with Crippen molar-refractivity contribution in [2.75, 3.05) is 13.7 Å². The summed E-state index contributed by atoms with van der Waals surface area (Å²) in [5.74, 6) is -3.11. The van der Waals surface area contributed by atoms with E-state index in [-0.39, 0.29) is 18.5 Å². The number of hydrogen-bond donors (Lipinski definition) is 0. The van der Waals surface area contributed by atoms with Gasteiger partial charge in [0.05, 0.1) is 19.7 Å². The first-order valence-corrected chi connectivity index (χ1v) is 14.3. The molecule has 0 saturated heterocycles. The summed E-state index contributed by atoms with van der Waals surface area (Å²) in [5, 5.41) is 2.06. The highest BCUT2D eigenvalue weighted by molar-refractivity contribution is 5.90. The number of amides is 1. The molecule has 1 amide bonds. The molecule has 0 radical (unpaired) electrons. The lowest BCUT2D eigenvalue weighted by Gasteiger charge is -2.38. The second-order valence-corrected chi connectivity index (χ2v) is 11.8. The van der Waals surface area contributed by atoms with Gasteiger partial charge in [-0.2, -0.15) is 0 Å². The Labute approximate surface area is 250 Å². The molecule has 1 aliphatic heterocycles. The highest BCUT2D eigenvalue weighted by Crippen LogP contribution is 2.43. The molecule has 0 aliphatic carbocycles. The van der Waals surface area contributed by atoms with Gasteiger partial charge < -0.3 is 14.2 Å². The Morgan fingerprint density at radius 1 is 0.953 bits per heavy atom. The molecule has 5 rings (SSSR count). The summed E-state index contributed by atoms with van der Waals surface area (Å²) >= 11 is 0. The predicted molar refractivity (Wildman–Crippen MR) is 160 cm³/mol. The fourth-order valence-corrected chi connectivity index (χ4v) is 5.74. The molecular formula is C35H35F2NO5. The highest BCUT2D eigenvalue weighted by atomic mass is 19.1. The summed E-state index contributed by atoms with van der Waals surface area (Å²) in [4.78, 5) is 27.6. The van der Waals surface area contributed by atoms with Crippen molar-refractivity contribution in [2.24, 2.45) is 0 Å². The standard InChI is InChI=1S/C35H35F2NO5/c1-21(24-15-10-12-22-11-6-7-13-25(22)24)38(34(40)43-35(2,3)4)20-23-19-28(26-14-8-9-16-30(26)42-23)27-17-18-29(36)31(32(27)37)33(39)41-5/h6-18,21,23,28H,19-20H2,1-5H3. The molecule has 3 unspecified atom stereocenters. The van der Waals surface area contributed by atoms with Crippen molar-refractivity contribution in [3.63, 3.8) is 0 Å². The fourth-order valence-electron chi connectivity index (χ4n) is 5.74. The second-order valence-electron chi connectivity index (χ2n) is 11.8. The molecule has 4 aromatic rings. The first-order chi connectivity index (χ1) is 20.5. The summed E-state index contributed by atoms with van der Waals surface area (Å²) < 4.78 is 47.2. The predicted octanol–water partition coefficient (Wildman–Crippen LogP) is 8.19. The molecule has 0 N–H and O–H groups in total. The lowest BCUT2D eigenvalue weighted by atomic mass is 9.83. The van der Waals surface area contributed by atoms with Crippen LogP contribution in [0.1, 0.15) is 73.1 Å². The number of carbonyl (C=O) groups is 2. The van der Waals surface area contributed by atoms with E-state index in [4.69, 9.17) is 9.47 Å². The lowest BCUT2D eigenvalue weighted by molar-refractivity contribution is 0.00564. The third kappa shape index (κ3) is 6.19. The molecule has 224 valence electrons. The van der Waals surface area contributed by atoms with E-state index >= 15 is 4.39 Å². The first kappa shape index (κ1) is 30.0. The SMILES string of the molecule is COC(=O)c1c(F)ccc(C2CC(CN(C(=O)OC(C)(C)C)C(C)c3cccc4ccccc34)Oc3ccccc32)c1F. The second kappa shape index (κ2) is 12.0. The van der Waals surface area contributed by atoms with Crippen molar-refractivity contribution < 1.29 is 32.6 Å². The van der Waals surface area contributed by atoms with Gasteiger partial charge in [-0.3, -0.25) is 4.90 Å². The maximum atomic E-state index is 15.8. The molecule has 8 heteroatoms. The number of esters is 1. The zero-order chi connectivity index (χ0) is 30.9. The van der Waals surface area contributed by atoms with Crippen LogP contribution in [0.4, 0.5) is 13.6 Å². The number of benzene rings is 4. The number of hydrogen-bond acceptors (Lipinski definition) is 5. The maximum Gasteiger partial charge on any atom is 0.410 e. The Kier molecular flexibility index (Phi) is 8.40. The zero-order valence-electron chi connectivity index (χ0n) is 24.9. The van der Waals surface area contributed by atoms with Crippen molar-refractivity contribution in [1.29, 1.82) is 0 Å². The molecule has 0 bridgehead atoms. The fraction of sp³-hybridized carbons (Fsp3) is 0.314. The summed E-state index contributed by atoms with van der Waals surface area (Å²) in [7, 11) is 1.08. The van der Waals surface area contributed by atoms with E-state index in [0.717, 1.165) is 29.5 Å². The molecule has 0 spiro atoms. The first-order valence-electron chi connectivity index (χ1n) is 14.3. The van der Waals surface area contributed by atoms with Gasteiger partial charge in [-0.05, 0) is 68.1 Å². The number of halogens is 2. The van der Waals surface area contributed by atoms with Gasteiger partial charge in [0.15, 0.2) is 0 Å². The number of nitrogens with zero attached hydrogens (tertiary/aromatic N) is 1. The average molecular weight is 588 g/mol. The monoisotopic (exact) mass is 587 g/mol. The normalized spacial score (nSPS) is 17.0. The molecule has 0 aromatic heterocycles. The third-order valence-corrected chi connectivity index (χ3v) is 7.74. The third-order valence-electron chi connectivity index (χ3n) is 7.74. The van der Waals surface area contributed by atoms with Crippen molar-refractivity contribution in [3.05, 3.63) is 113 Å². The van der Waals surface area contributed by atoms with Crippen LogP contribution in [-0.2, 0) is 9.47 Å².